The third-order valence-corrected chi connectivity index (χ3v) is 6.26. The molecule has 2 heterocycles. The van der Waals surface area contributed by atoms with Crippen LogP contribution in [0.15, 0.2) is 41.2 Å². The van der Waals surface area contributed by atoms with Crippen molar-refractivity contribution in [3.63, 3.8) is 0 Å². The molecule has 0 fully saturated rings. The molecule has 1 N–H and O–H groups in total. The summed E-state index contributed by atoms with van der Waals surface area (Å²) >= 11 is 0. The Morgan fingerprint density at radius 2 is 1.73 bits per heavy atom. The van der Waals surface area contributed by atoms with Crippen molar-refractivity contribution in [2.45, 2.75) is 25.5 Å². The minimum Gasteiger partial charge on any atom is -0.373 e. The number of hydrogen-bond acceptors (Lipinski definition) is 3. The van der Waals surface area contributed by atoms with E-state index in [0.717, 1.165) is 12.1 Å². The van der Waals surface area contributed by atoms with Crippen LogP contribution in [-0.4, -0.2) is 29.4 Å². The van der Waals surface area contributed by atoms with Crippen LogP contribution in [0.1, 0.15) is 28.4 Å². The van der Waals surface area contributed by atoms with E-state index in [1.807, 2.05) is 24.3 Å². The van der Waals surface area contributed by atoms with Gasteiger partial charge in [0.1, 0.15) is 0 Å². The van der Waals surface area contributed by atoms with E-state index in [1.165, 1.54) is 11.1 Å². The molecular formula is C23H20F2N2O3. The Hall–Kier alpha value is -3.06. The van der Waals surface area contributed by atoms with Crippen LogP contribution in [0.5, 0.6) is 0 Å². The van der Waals surface area contributed by atoms with Crippen molar-refractivity contribution in [2.75, 3.05) is 13.7 Å². The quantitative estimate of drug-likeness (QED) is 0.706. The molecule has 30 heavy (non-hydrogen) atoms. The Labute approximate surface area is 171 Å². The van der Waals surface area contributed by atoms with Gasteiger partial charge in [-0.1, -0.05) is 24.3 Å². The van der Waals surface area contributed by atoms with Crippen molar-refractivity contribution in [3.05, 3.63) is 80.8 Å². The lowest BCUT2D eigenvalue weighted by Gasteiger charge is -2.35. The average Bonchev–Trinajstić information content (AvgIpc) is 3.18. The smallest absolute Gasteiger partial charge is 0.256 e. The molecular weight excluding hydrogens is 390 g/mol. The first-order valence-electron chi connectivity index (χ1n) is 9.89. The van der Waals surface area contributed by atoms with Crippen molar-refractivity contribution < 1.29 is 18.3 Å². The molecule has 1 aliphatic heterocycles. The number of fused-ring (bicyclic) bond motifs is 4. The lowest BCUT2D eigenvalue weighted by molar-refractivity contribution is -0.138. The predicted octanol–water partition coefficient (Wildman–Crippen LogP) is 3.25. The third kappa shape index (κ3) is 2.92. The maximum atomic E-state index is 14.0. The standard InChI is InChI=1S/C23H20F2N2O3/c1-27(23(29)14-6-12-4-2-3-5-13(12)7-14)20-11-30-10-19-21(20)15-8-17(24)18(25)9-16(15)22(28)26-19/h2-5,8-9,14,20H,6-7,10-11H2,1H3,(H,26,28)/t20-/m0/s1. The lowest BCUT2D eigenvalue weighted by atomic mass is 9.94. The fraction of sp³-hybridized carbons (Fsp3) is 0.304. The molecule has 1 amide bonds. The Kier molecular flexibility index (Phi) is 4.43. The molecule has 0 unspecified atom stereocenters. The summed E-state index contributed by atoms with van der Waals surface area (Å²) in [5, 5.41) is 0.379. The van der Waals surface area contributed by atoms with Gasteiger partial charge in [0.25, 0.3) is 5.56 Å². The van der Waals surface area contributed by atoms with E-state index in [9.17, 15) is 18.4 Å². The summed E-state index contributed by atoms with van der Waals surface area (Å²) in [6.45, 7) is 0.363. The van der Waals surface area contributed by atoms with Crippen LogP contribution >= 0.6 is 0 Å². The van der Waals surface area contributed by atoms with E-state index in [0.29, 0.717) is 29.5 Å². The zero-order valence-electron chi connectivity index (χ0n) is 16.4. The summed E-state index contributed by atoms with van der Waals surface area (Å²) < 4.78 is 33.4. The van der Waals surface area contributed by atoms with Gasteiger partial charge in [-0.3, -0.25) is 9.59 Å². The molecule has 2 aromatic carbocycles. The summed E-state index contributed by atoms with van der Waals surface area (Å²) in [6.07, 6.45) is 1.35. The second-order valence-corrected chi connectivity index (χ2v) is 8.01. The molecule has 3 aromatic rings. The Balaban J connectivity index is 1.54. The van der Waals surface area contributed by atoms with Gasteiger partial charge in [0.2, 0.25) is 5.91 Å². The van der Waals surface area contributed by atoms with Crippen LogP contribution < -0.4 is 5.56 Å². The number of aromatic amines is 1. The van der Waals surface area contributed by atoms with Crippen molar-refractivity contribution in [3.8, 4) is 0 Å². The highest BCUT2D eigenvalue weighted by Crippen LogP contribution is 2.36. The average molecular weight is 410 g/mol. The van der Waals surface area contributed by atoms with E-state index in [-0.39, 0.29) is 30.4 Å². The van der Waals surface area contributed by atoms with Crippen LogP contribution in [0.2, 0.25) is 0 Å². The zero-order valence-corrected chi connectivity index (χ0v) is 16.4. The number of benzene rings is 2. The van der Waals surface area contributed by atoms with Crippen LogP contribution in [0.4, 0.5) is 8.78 Å². The molecule has 154 valence electrons. The SMILES string of the molecule is CN(C(=O)C1Cc2ccccc2C1)[C@H]1COCc2[nH]c(=O)c3cc(F)c(F)cc3c21. The molecule has 0 bridgehead atoms. The van der Waals surface area contributed by atoms with Gasteiger partial charge in [0.05, 0.1) is 24.6 Å². The van der Waals surface area contributed by atoms with Crippen molar-refractivity contribution in [1.82, 2.24) is 9.88 Å². The zero-order chi connectivity index (χ0) is 21.0. The monoisotopic (exact) mass is 410 g/mol. The van der Waals surface area contributed by atoms with Crippen molar-refractivity contribution in [1.29, 1.82) is 0 Å². The fourth-order valence-corrected chi connectivity index (χ4v) is 4.72. The summed E-state index contributed by atoms with van der Waals surface area (Å²) in [5.41, 5.74) is 2.95. The molecule has 1 aromatic heterocycles. The maximum Gasteiger partial charge on any atom is 0.256 e. The Bertz CT molecular complexity index is 1210. The van der Waals surface area contributed by atoms with Gasteiger partial charge in [-0.05, 0) is 41.5 Å². The number of rotatable bonds is 2. The highest BCUT2D eigenvalue weighted by atomic mass is 19.2. The summed E-state index contributed by atoms with van der Waals surface area (Å²) in [5.74, 6) is -2.32. The number of pyridine rings is 1. The van der Waals surface area contributed by atoms with Crippen molar-refractivity contribution in [2.24, 2.45) is 5.92 Å². The number of likely N-dealkylation sites (N-methyl/N-ethyl adjacent to an activating group) is 1. The van der Waals surface area contributed by atoms with E-state index in [4.69, 9.17) is 4.74 Å². The Morgan fingerprint density at radius 3 is 2.40 bits per heavy atom. The third-order valence-electron chi connectivity index (χ3n) is 6.26. The molecule has 0 saturated heterocycles. The van der Waals surface area contributed by atoms with Gasteiger partial charge < -0.3 is 14.6 Å². The van der Waals surface area contributed by atoms with Crippen LogP contribution in [0, 0.1) is 17.6 Å². The van der Waals surface area contributed by atoms with Gasteiger partial charge in [0, 0.05) is 24.2 Å². The van der Waals surface area contributed by atoms with Gasteiger partial charge in [-0.2, -0.15) is 0 Å². The number of amides is 1. The first kappa shape index (κ1) is 18.9. The number of ether oxygens (including phenoxy) is 1. The molecule has 5 rings (SSSR count). The molecule has 0 saturated carbocycles. The Morgan fingerprint density at radius 1 is 1.10 bits per heavy atom. The number of aromatic nitrogens is 1. The minimum atomic E-state index is -1.08. The second kappa shape index (κ2) is 7.02. The topological polar surface area (TPSA) is 62.4 Å². The first-order valence-corrected chi connectivity index (χ1v) is 9.89. The van der Waals surface area contributed by atoms with E-state index in [2.05, 4.69) is 4.98 Å². The maximum absolute atomic E-state index is 14.0. The minimum absolute atomic E-state index is 0.0328. The van der Waals surface area contributed by atoms with Gasteiger partial charge in [0.15, 0.2) is 11.6 Å². The number of nitrogens with zero attached hydrogens (tertiary/aromatic N) is 1. The fourth-order valence-electron chi connectivity index (χ4n) is 4.72. The van der Waals surface area contributed by atoms with Gasteiger partial charge >= 0.3 is 0 Å². The number of hydrogen-bond donors (Lipinski definition) is 1. The molecule has 7 heteroatoms. The summed E-state index contributed by atoms with van der Waals surface area (Å²) in [6, 6.07) is 9.46. The van der Waals surface area contributed by atoms with E-state index < -0.39 is 23.2 Å². The molecule has 2 aliphatic rings. The lowest BCUT2D eigenvalue weighted by Crippen LogP contribution is -2.40. The number of halogens is 2. The van der Waals surface area contributed by atoms with Gasteiger partial charge in [-0.25, -0.2) is 8.78 Å². The number of carbonyl (C=O) groups is 1. The first-order chi connectivity index (χ1) is 14.4. The predicted molar refractivity (Wildman–Crippen MR) is 107 cm³/mol. The summed E-state index contributed by atoms with van der Waals surface area (Å²) in [4.78, 5) is 30.0. The molecule has 1 aliphatic carbocycles. The molecule has 5 nitrogen and oxygen atoms in total. The van der Waals surface area contributed by atoms with Crippen LogP contribution in [0.25, 0.3) is 10.8 Å². The van der Waals surface area contributed by atoms with Crippen molar-refractivity contribution >= 4 is 16.7 Å². The number of nitrogens with one attached hydrogen (secondary N) is 1. The largest absolute Gasteiger partial charge is 0.373 e. The summed E-state index contributed by atoms with van der Waals surface area (Å²) in [7, 11) is 1.70. The normalized spacial score (nSPS) is 18.3. The number of H-pyrrole nitrogens is 1. The molecule has 0 radical (unpaired) electrons. The van der Waals surface area contributed by atoms with E-state index >= 15 is 0 Å². The van der Waals surface area contributed by atoms with Crippen LogP contribution in [0.3, 0.4) is 0 Å². The van der Waals surface area contributed by atoms with Crippen LogP contribution in [-0.2, 0) is 29.0 Å². The molecule has 1 atom stereocenters. The number of carbonyl (C=O) groups excluding carboxylic acids is 1. The second-order valence-electron chi connectivity index (χ2n) is 8.01. The highest BCUT2D eigenvalue weighted by molar-refractivity contribution is 5.87. The van der Waals surface area contributed by atoms with Gasteiger partial charge in [-0.15, -0.1) is 0 Å². The van der Waals surface area contributed by atoms with E-state index in [1.54, 1.807) is 11.9 Å². The highest BCUT2D eigenvalue weighted by Gasteiger charge is 2.35. The molecule has 0 spiro atoms.